The van der Waals surface area contributed by atoms with Crippen LogP contribution in [-0.2, 0) is 16.3 Å². The van der Waals surface area contributed by atoms with Gasteiger partial charge in [-0.15, -0.1) is 0 Å². The van der Waals surface area contributed by atoms with Gasteiger partial charge in [-0.1, -0.05) is 32.0 Å². The Labute approximate surface area is 128 Å². The van der Waals surface area contributed by atoms with E-state index in [1.54, 1.807) is 0 Å². The highest BCUT2D eigenvalue weighted by Crippen LogP contribution is 2.36. The molecule has 2 aromatic rings. The summed E-state index contributed by atoms with van der Waals surface area (Å²) in [5.41, 5.74) is 3.24. The lowest BCUT2D eigenvalue weighted by molar-refractivity contribution is -0.116. The molecule has 0 saturated heterocycles. The van der Waals surface area contributed by atoms with Gasteiger partial charge in [0.25, 0.3) is 0 Å². The van der Waals surface area contributed by atoms with Gasteiger partial charge in [-0.05, 0) is 18.1 Å². The van der Waals surface area contributed by atoms with Gasteiger partial charge in [-0.3, -0.25) is 4.79 Å². The minimum atomic E-state index is 0.0572. The molecule has 0 fully saturated rings. The average Bonchev–Trinajstić information content (AvgIpc) is 3.01. The molecule has 1 aliphatic heterocycles. The van der Waals surface area contributed by atoms with Crippen molar-refractivity contribution < 1.29 is 4.79 Å². The van der Waals surface area contributed by atoms with Crippen LogP contribution in [0.5, 0.6) is 0 Å². The van der Waals surface area contributed by atoms with Crippen molar-refractivity contribution >= 4 is 23.5 Å². The van der Waals surface area contributed by atoms with Gasteiger partial charge in [-0.2, -0.15) is 16.9 Å². The van der Waals surface area contributed by atoms with Crippen LogP contribution in [0, 0.1) is 5.92 Å². The van der Waals surface area contributed by atoms with Gasteiger partial charge in [0.15, 0.2) is 0 Å². The predicted octanol–water partition coefficient (Wildman–Crippen LogP) is 3.60. The van der Waals surface area contributed by atoms with E-state index in [1.807, 2.05) is 60.6 Å². The first-order valence-electron chi connectivity index (χ1n) is 7.19. The Balaban J connectivity index is 1.96. The SMILES string of the molecule is CC(C)CC(=O)Nc1c2c(nn1-c1ccccc1)CSC2. The van der Waals surface area contributed by atoms with Crippen molar-refractivity contribution in [2.75, 3.05) is 5.32 Å². The van der Waals surface area contributed by atoms with E-state index in [0.29, 0.717) is 12.3 Å². The van der Waals surface area contributed by atoms with Gasteiger partial charge in [0, 0.05) is 23.5 Å². The summed E-state index contributed by atoms with van der Waals surface area (Å²) >= 11 is 1.84. The third kappa shape index (κ3) is 2.97. The smallest absolute Gasteiger partial charge is 0.225 e. The molecule has 3 rings (SSSR count). The fraction of sp³-hybridized carbons (Fsp3) is 0.375. The van der Waals surface area contributed by atoms with Gasteiger partial charge >= 0.3 is 0 Å². The first kappa shape index (κ1) is 14.2. The summed E-state index contributed by atoms with van der Waals surface area (Å²) < 4.78 is 1.86. The van der Waals surface area contributed by atoms with Crippen LogP contribution in [0.3, 0.4) is 0 Å². The third-order valence-electron chi connectivity index (χ3n) is 3.40. The van der Waals surface area contributed by atoms with Crippen LogP contribution in [0.15, 0.2) is 30.3 Å². The molecule has 1 aromatic carbocycles. The maximum absolute atomic E-state index is 12.1. The topological polar surface area (TPSA) is 46.9 Å². The van der Waals surface area contributed by atoms with Crippen molar-refractivity contribution in [2.24, 2.45) is 5.92 Å². The number of nitrogens with zero attached hydrogens (tertiary/aromatic N) is 2. The molecule has 110 valence electrons. The fourth-order valence-electron chi connectivity index (χ4n) is 2.45. The molecule has 2 heterocycles. The zero-order valence-electron chi connectivity index (χ0n) is 12.3. The van der Waals surface area contributed by atoms with Crippen molar-refractivity contribution in [3.05, 3.63) is 41.6 Å². The molecule has 0 bridgehead atoms. The van der Waals surface area contributed by atoms with Crippen molar-refractivity contribution in [1.29, 1.82) is 0 Å². The van der Waals surface area contributed by atoms with E-state index in [-0.39, 0.29) is 5.91 Å². The zero-order chi connectivity index (χ0) is 14.8. The summed E-state index contributed by atoms with van der Waals surface area (Å²) in [5.74, 6) is 3.08. The number of carbonyl (C=O) groups excluding carboxylic acids is 1. The van der Waals surface area contributed by atoms with E-state index in [0.717, 1.165) is 28.7 Å². The molecule has 0 radical (unpaired) electrons. The number of amides is 1. The number of anilines is 1. The van der Waals surface area contributed by atoms with Crippen LogP contribution in [0.2, 0.25) is 0 Å². The van der Waals surface area contributed by atoms with Gasteiger partial charge in [0.2, 0.25) is 5.91 Å². The highest BCUT2D eigenvalue weighted by molar-refractivity contribution is 7.98. The number of aromatic nitrogens is 2. The Morgan fingerprint density at radius 1 is 1.33 bits per heavy atom. The average molecular weight is 301 g/mol. The molecule has 0 atom stereocenters. The van der Waals surface area contributed by atoms with Crippen molar-refractivity contribution in [1.82, 2.24) is 9.78 Å². The molecule has 0 unspecified atom stereocenters. The Hall–Kier alpha value is -1.75. The van der Waals surface area contributed by atoms with E-state index in [1.165, 1.54) is 5.56 Å². The maximum Gasteiger partial charge on any atom is 0.225 e. The summed E-state index contributed by atoms with van der Waals surface area (Å²) in [6.45, 7) is 4.10. The Kier molecular flexibility index (Phi) is 4.01. The first-order valence-corrected chi connectivity index (χ1v) is 8.34. The van der Waals surface area contributed by atoms with E-state index in [4.69, 9.17) is 0 Å². The number of thioether (sulfide) groups is 1. The lowest BCUT2D eigenvalue weighted by Gasteiger charge is -2.11. The molecule has 4 nitrogen and oxygen atoms in total. The summed E-state index contributed by atoms with van der Waals surface area (Å²) in [7, 11) is 0. The Morgan fingerprint density at radius 2 is 2.10 bits per heavy atom. The summed E-state index contributed by atoms with van der Waals surface area (Å²) in [6, 6.07) is 9.96. The van der Waals surface area contributed by atoms with Crippen LogP contribution >= 0.6 is 11.8 Å². The second-order valence-electron chi connectivity index (χ2n) is 5.66. The van der Waals surface area contributed by atoms with E-state index in [9.17, 15) is 4.79 Å². The molecule has 1 aromatic heterocycles. The molecule has 1 amide bonds. The van der Waals surface area contributed by atoms with Gasteiger partial charge < -0.3 is 5.32 Å². The molecule has 0 saturated carbocycles. The number of benzene rings is 1. The monoisotopic (exact) mass is 301 g/mol. The van der Waals surface area contributed by atoms with Crippen LogP contribution < -0.4 is 5.32 Å². The number of hydrogen-bond acceptors (Lipinski definition) is 3. The number of rotatable bonds is 4. The second-order valence-corrected chi connectivity index (χ2v) is 6.65. The number of para-hydroxylation sites is 1. The van der Waals surface area contributed by atoms with Crippen molar-refractivity contribution in [3.8, 4) is 5.69 Å². The molecule has 0 aliphatic carbocycles. The number of hydrogen-bond donors (Lipinski definition) is 1. The minimum Gasteiger partial charge on any atom is -0.310 e. The van der Waals surface area contributed by atoms with Crippen LogP contribution in [-0.4, -0.2) is 15.7 Å². The van der Waals surface area contributed by atoms with Gasteiger partial charge in [-0.25, -0.2) is 4.68 Å². The molecular formula is C16H19N3OS. The molecule has 1 aliphatic rings. The van der Waals surface area contributed by atoms with E-state index in [2.05, 4.69) is 10.4 Å². The number of nitrogens with one attached hydrogen (secondary N) is 1. The predicted molar refractivity (Wildman–Crippen MR) is 86.6 cm³/mol. The highest BCUT2D eigenvalue weighted by Gasteiger charge is 2.24. The quantitative estimate of drug-likeness (QED) is 0.938. The van der Waals surface area contributed by atoms with Gasteiger partial charge in [0.05, 0.1) is 11.4 Å². The first-order chi connectivity index (χ1) is 10.1. The van der Waals surface area contributed by atoms with Crippen LogP contribution in [0.1, 0.15) is 31.5 Å². The fourth-order valence-corrected chi connectivity index (χ4v) is 3.49. The lowest BCUT2D eigenvalue weighted by Crippen LogP contribution is -2.17. The molecule has 5 heteroatoms. The van der Waals surface area contributed by atoms with Crippen molar-refractivity contribution in [2.45, 2.75) is 31.8 Å². The van der Waals surface area contributed by atoms with Crippen molar-refractivity contribution in [3.63, 3.8) is 0 Å². The largest absolute Gasteiger partial charge is 0.310 e. The standard InChI is InChI=1S/C16H19N3OS/c1-11(2)8-15(20)17-16-13-9-21-10-14(13)18-19(16)12-6-4-3-5-7-12/h3-7,11H,8-10H2,1-2H3,(H,17,20). The Morgan fingerprint density at radius 3 is 2.81 bits per heavy atom. The molecule has 21 heavy (non-hydrogen) atoms. The maximum atomic E-state index is 12.1. The molecule has 1 N–H and O–H groups in total. The van der Waals surface area contributed by atoms with E-state index < -0.39 is 0 Å². The van der Waals surface area contributed by atoms with E-state index >= 15 is 0 Å². The van der Waals surface area contributed by atoms with Crippen LogP contribution in [0.4, 0.5) is 5.82 Å². The third-order valence-corrected chi connectivity index (χ3v) is 4.37. The normalized spacial score (nSPS) is 13.5. The second kappa shape index (κ2) is 5.93. The number of fused-ring (bicyclic) bond motifs is 1. The molecular weight excluding hydrogens is 282 g/mol. The number of carbonyl (C=O) groups is 1. The minimum absolute atomic E-state index is 0.0572. The summed E-state index contributed by atoms with van der Waals surface area (Å²) in [4.78, 5) is 12.1. The van der Waals surface area contributed by atoms with Gasteiger partial charge in [0.1, 0.15) is 5.82 Å². The molecule has 0 spiro atoms. The summed E-state index contributed by atoms with van der Waals surface area (Å²) in [5, 5.41) is 7.74. The Bertz CT molecular complexity index is 649. The van der Waals surface area contributed by atoms with Crippen LogP contribution in [0.25, 0.3) is 5.69 Å². The highest BCUT2D eigenvalue weighted by atomic mass is 32.2. The zero-order valence-corrected chi connectivity index (χ0v) is 13.1. The lowest BCUT2D eigenvalue weighted by atomic mass is 10.1. The summed E-state index contributed by atoms with van der Waals surface area (Å²) in [6.07, 6.45) is 0.530.